The van der Waals surface area contributed by atoms with E-state index in [0.29, 0.717) is 12.0 Å². The molecule has 3 heteroatoms. The third-order valence-electron chi connectivity index (χ3n) is 4.20. The van der Waals surface area contributed by atoms with Crippen molar-refractivity contribution in [1.29, 1.82) is 0 Å². The van der Waals surface area contributed by atoms with Gasteiger partial charge in [0.05, 0.1) is 13.2 Å². The molecule has 1 aromatic carbocycles. The summed E-state index contributed by atoms with van der Waals surface area (Å²) in [6, 6.07) is 8.65. The van der Waals surface area contributed by atoms with E-state index in [1.807, 2.05) is 12.1 Å². The third-order valence-corrected chi connectivity index (χ3v) is 4.20. The number of rotatable bonds is 4. The molecule has 0 heterocycles. The first kappa shape index (κ1) is 14.4. The molecule has 0 amide bonds. The lowest BCUT2D eigenvalue weighted by atomic mass is 9.79. The summed E-state index contributed by atoms with van der Waals surface area (Å²) < 4.78 is 5.51. The Hall–Kier alpha value is -1.06. The fourth-order valence-corrected chi connectivity index (χ4v) is 3.28. The first-order valence-corrected chi connectivity index (χ1v) is 7.11. The van der Waals surface area contributed by atoms with Gasteiger partial charge in [-0.1, -0.05) is 18.2 Å². The van der Waals surface area contributed by atoms with Crippen molar-refractivity contribution in [3.8, 4) is 5.75 Å². The van der Waals surface area contributed by atoms with Crippen LogP contribution < -0.4 is 4.74 Å². The average molecular weight is 263 g/mol. The van der Waals surface area contributed by atoms with Crippen LogP contribution >= 0.6 is 0 Å². The zero-order valence-corrected chi connectivity index (χ0v) is 12.2. The van der Waals surface area contributed by atoms with Gasteiger partial charge in [0.1, 0.15) is 5.75 Å². The number of hydrogen-bond acceptors (Lipinski definition) is 3. The summed E-state index contributed by atoms with van der Waals surface area (Å²) >= 11 is 0. The van der Waals surface area contributed by atoms with Crippen LogP contribution in [0.4, 0.5) is 0 Å². The molecule has 2 rings (SSSR count). The van der Waals surface area contributed by atoms with Crippen molar-refractivity contribution in [3.63, 3.8) is 0 Å². The molecule has 1 fully saturated rings. The number of benzene rings is 1. The first-order chi connectivity index (χ1) is 9.13. The van der Waals surface area contributed by atoms with E-state index < -0.39 is 0 Å². The van der Waals surface area contributed by atoms with Crippen LogP contribution in [0.5, 0.6) is 5.75 Å². The molecule has 106 valence electrons. The summed E-state index contributed by atoms with van der Waals surface area (Å²) in [5, 5.41) is 9.68. The number of ether oxygens (including phenoxy) is 1. The van der Waals surface area contributed by atoms with Gasteiger partial charge in [-0.15, -0.1) is 0 Å². The van der Waals surface area contributed by atoms with E-state index >= 15 is 0 Å². The third kappa shape index (κ3) is 3.28. The van der Waals surface area contributed by atoms with Crippen molar-refractivity contribution in [2.24, 2.45) is 5.92 Å². The van der Waals surface area contributed by atoms with Crippen LogP contribution in [-0.4, -0.2) is 37.3 Å². The lowest BCUT2D eigenvalue weighted by Crippen LogP contribution is -2.31. The predicted molar refractivity (Wildman–Crippen MR) is 77.4 cm³/mol. The van der Waals surface area contributed by atoms with E-state index in [-0.39, 0.29) is 6.10 Å². The zero-order valence-electron chi connectivity index (χ0n) is 12.2. The molecule has 1 aliphatic rings. The van der Waals surface area contributed by atoms with Crippen LogP contribution in [-0.2, 0) is 0 Å². The van der Waals surface area contributed by atoms with E-state index in [4.69, 9.17) is 4.74 Å². The average Bonchev–Trinajstić information content (AvgIpc) is 2.41. The maximum Gasteiger partial charge on any atom is 0.123 e. The highest BCUT2D eigenvalue weighted by atomic mass is 16.5. The topological polar surface area (TPSA) is 32.7 Å². The second-order valence-electron chi connectivity index (χ2n) is 5.72. The summed E-state index contributed by atoms with van der Waals surface area (Å²) in [5.41, 5.74) is 1.26. The summed E-state index contributed by atoms with van der Waals surface area (Å²) in [4.78, 5) is 2.28. The molecule has 1 saturated carbocycles. The maximum absolute atomic E-state index is 9.68. The lowest BCUT2D eigenvalue weighted by molar-refractivity contribution is 0.0772. The van der Waals surface area contributed by atoms with Crippen molar-refractivity contribution in [2.45, 2.75) is 37.8 Å². The molecule has 0 radical (unpaired) electrons. The van der Waals surface area contributed by atoms with Crippen LogP contribution in [0.3, 0.4) is 0 Å². The standard InChI is InChI=1S/C16H25NO2/c1-17(2)16(12-8-10-13(18)11-9-12)14-6-4-5-7-15(14)19-3/h4-7,12-13,16,18H,8-11H2,1-3H3. The molecule has 0 saturated heterocycles. The Kier molecular flexibility index (Phi) is 4.83. The molecular formula is C16H25NO2. The minimum atomic E-state index is -0.100. The van der Waals surface area contributed by atoms with Crippen LogP contribution in [0.25, 0.3) is 0 Å². The fraction of sp³-hybridized carbons (Fsp3) is 0.625. The fourth-order valence-electron chi connectivity index (χ4n) is 3.28. The quantitative estimate of drug-likeness (QED) is 0.906. The lowest BCUT2D eigenvalue weighted by Gasteiger charge is -2.37. The Balaban J connectivity index is 2.24. The number of hydrogen-bond donors (Lipinski definition) is 1. The minimum Gasteiger partial charge on any atom is -0.496 e. The van der Waals surface area contributed by atoms with Gasteiger partial charge < -0.3 is 14.7 Å². The van der Waals surface area contributed by atoms with Gasteiger partial charge in [-0.2, -0.15) is 0 Å². The van der Waals surface area contributed by atoms with Gasteiger partial charge in [0.2, 0.25) is 0 Å². The number of methoxy groups -OCH3 is 1. The van der Waals surface area contributed by atoms with Crippen LogP contribution in [0.15, 0.2) is 24.3 Å². The van der Waals surface area contributed by atoms with Crippen LogP contribution in [0, 0.1) is 5.92 Å². The summed E-state index contributed by atoms with van der Waals surface area (Å²) in [6.45, 7) is 0. The van der Waals surface area contributed by atoms with Crippen molar-refractivity contribution in [2.75, 3.05) is 21.2 Å². The molecule has 1 aromatic rings. The Labute approximate surface area is 116 Å². The van der Waals surface area contributed by atoms with E-state index in [9.17, 15) is 5.11 Å². The highest BCUT2D eigenvalue weighted by Gasteiger charge is 2.30. The Morgan fingerprint density at radius 3 is 2.37 bits per heavy atom. The minimum absolute atomic E-state index is 0.100. The van der Waals surface area contributed by atoms with Crippen molar-refractivity contribution < 1.29 is 9.84 Å². The summed E-state index contributed by atoms with van der Waals surface area (Å²) in [6.07, 6.45) is 3.91. The number of nitrogens with zero attached hydrogens (tertiary/aromatic N) is 1. The Morgan fingerprint density at radius 2 is 1.79 bits per heavy atom. The Bertz CT molecular complexity index is 397. The van der Waals surface area contributed by atoms with Crippen LogP contribution in [0.2, 0.25) is 0 Å². The molecule has 19 heavy (non-hydrogen) atoms. The number of aliphatic hydroxyl groups is 1. The van der Waals surface area contributed by atoms with Gasteiger partial charge in [0.25, 0.3) is 0 Å². The van der Waals surface area contributed by atoms with Gasteiger partial charge in [-0.3, -0.25) is 0 Å². The smallest absolute Gasteiger partial charge is 0.123 e. The van der Waals surface area contributed by atoms with E-state index in [1.54, 1.807) is 7.11 Å². The molecule has 3 nitrogen and oxygen atoms in total. The van der Waals surface area contributed by atoms with Gasteiger partial charge in [0.15, 0.2) is 0 Å². The molecular weight excluding hydrogens is 238 g/mol. The first-order valence-electron chi connectivity index (χ1n) is 7.11. The van der Waals surface area contributed by atoms with E-state index in [2.05, 4.69) is 31.1 Å². The van der Waals surface area contributed by atoms with E-state index in [1.165, 1.54) is 5.56 Å². The maximum atomic E-state index is 9.68. The molecule has 1 aliphatic carbocycles. The second-order valence-corrected chi connectivity index (χ2v) is 5.72. The van der Waals surface area contributed by atoms with Crippen molar-refractivity contribution >= 4 is 0 Å². The largest absolute Gasteiger partial charge is 0.496 e. The zero-order chi connectivity index (χ0) is 13.8. The highest BCUT2D eigenvalue weighted by molar-refractivity contribution is 5.36. The van der Waals surface area contributed by atoms with Gasteiger partial charge in [-0.05, 0) is 51.8 Å². The van der Waals surface area contributed by atoms with Crippen LogP contribution in [0.1, 0.15) is 37.3 Å². The highest BCUT2D eigenvalue weighted by Crippen LogP contribution is 2.40. The molecule has 1 atom stereocenters. The molecule has 1 N–H and O–H groups in total. The number of aliphatic hydroxyl groups excluding tert-OH is 1. The predicted octanol–water partition coefficient (Wildman–Crippen LogP) is 2.85. The van der Waals surface area contributed by atoms with E-state index in [0.717, 1.165) is 31.4 Å². The van der Waals surface area contributed by atoms with Gasteiger partial charge in [-0.25, -0.2) is 0 Å². The summed E-state index contributed by atoms with van der Waals surface area (Å²) in [7, 11) is 5.99. The SMILES string of the molecule is COc1ccccc1C(C1CCC(O)CC1)N(C)C. The molecule has 0 bridgehead atoms. The number of para-hydroxylation sites is 1. The Morgan fingerprint density at radius 1 is 1.16 bits per heavy atom. The summed E-state index contributed by atoms with van der Waals surface area (Å²) in [5.74, 6) is 1.56. The molecule has 0 aromatic heterocycles. The molecule has 1 unspecified atom stereocenters. The molecule has 0 aliphatic heterocycles. The van der Waals surface area contributed by atoms with Gasteiger partial charge in [0, 0.05) is 11.6 Å². The monoisotopic (exact) mass is 263 g/mol. The van der Waals surface area contributed by atoms with Crippen molar-refractivity contribution in [3.05, 3.63) is 29.8 Å². The van der Waals surface area contributed by atoms with Gasteiger partial charge >= 0.3 is 0 Å². The molecule has 0 spiro atoms. The second kappa shape index (κ2) is 6.40. The normalized spacial score (nSPS) is 25.3. The van der Waals surface area contributed by atoms with Crippen molar-refractivity contribution in [1.82, 2.24) is 4.90 Å².